The Labute approximate surface area is 136 Å². The van der Waals surface area contributed by atoms with Crippen LogP contribution in [-0.2, 0) is 16.1 Å². The van der Waals surface area contributed by atoms with Crippen molar-refractivity contribution in [2.24, 2.45) is 5.92 Å². The molecule has 0 radical (unpaired) electrons. The molecule has 1 aliphatic heterocycles. The Hall–Kier alpha value is -1.91. The highest BCUT2D eigenvalue weighted by atomic mass is 19.1. The van der Waals surface area contributed by atoms with E-state index in [0.29, 0.717) is 13.1 Å². The number of nitrogens with one attached hydrogen (secondary N) is 1. The minimum Gasteiger partial charge on any atom is -0.353 e. The second kappa shape index (κ2) is 7.11. The number of benzene rings is 1. The number of rotatable bonds is 4. The van der Waals surface area contributed by atoms with Gasteiger partial charge in [-0.05, 0) is 30.5 Å². The van der Waals surface area contributed by atoms with Gasteiger partial charge in [0.15, 0.2) is 0 Å². The van der Waals surface area contributed by atoms with Crippen molar-refractivity contribution in [1.82, 2.24) is 10.2 Å². The van der Waals surface area contributed by atoms with Gasteiger partial charge in [-0.3, -0.25) is 9.59 Å². The predicted octanol–water partition coefficient (Wildman–Crippen LogP) is 2.62. The van der Waals surface area contributed by atoms with Crippen LogP contribution in [0.3, 0.4) is 0 Å². The number of halogens is 1. The fourth-order valence-corrected chi connectivity index (χ4v) is 3.48. The van der Waals surface area contributed by atoms with E-state index in [-0.39, 0.29) is 36.0 Å². The van der Waals surface area contributed by atoms with E-state index in [1.165, 1.54) is 31.4 Å². The molecule has 1 saturated carbocycles. The van der Waals surface area contributed by atoms with Crippen molar-refractivity contribution < 1.29 is 14.0 Å². The van der Waals surface area contributed by atoms with Gasteiger partial charge in [-0.15, -0.1) is 0 Å². The molecule has 1 aromatic rings. The fraction of sp³-hybridized carbons (Fsp3) is 0.556. The Morgan fingerprint density at radius 1 is 1.17 bits per heavy atom. The summed E-state index contributed by atoms with van der Waals surface area (Å²) in [6.07, 6.45) is 5.97. The average Bonchev–Trinajstić information content (AvgIpc) is 2.92. The van der Waals surface area contributed by atoms with Gasteiger partial charge in [0.2, 0.25) is 11.8 Å². The van der Waals surface area contributed by atoms with Gasteiger partial charge in [-0.1, -0.05) is 31.4 Å². The topological polar surface area (TPSA) is 49.4 Å². The predicted molar refractivity (Wildman–Crippen MR) is 84.9 cm³/mol. The zero-order chi connectivity index (χ0) is 16.2. The van der Waals surface area contributed by atoms with E-state index in [2.05, 4.69) is 5.32 Å². The van der Waals surface area contributed by atoms with Crippen LogP contribution in [0.15, 0.2) is 24.3 Å². The second-order valence-electron chi connectivity index (χ2n) is 6.65. The number of carbonyl (C=O) groups is 2. The SMILES string of the molecule is O=C(NC1CCCCC1)[C@H]1CC(=O)N(Cc2ccc(F)cc2)C1. The molecule has 0 bridgehead atoms. The maximum Gasteiger partial charge on any atom is 0.225 e. The first-order valence-corrected chi connectivity index (χ1v) is 8.44. The second-order valence-corrected chi connectivity index (χ2v) is 6.65. The van der Waals surface area contributed by atoms with E-state index in [9.17, 15) is 14.0 Å². The quantitative estimate of drug-likeness (QED) is 0.928. The average molecular weight is 318 g/mol. The number of amides is 2. The standard InChI is InChI=1S/C18H23FN2O2/c19-15-8-6-13(7-9-15)11-21-12-14(10-17(21)22)18(23)20-16-4-2-1-3-5-16/h6-9,14,16H,1-5,10-12H2,(H,20,23)/t14-/m0/s1. The number of carbonyl (C=O) groups excluding carboxylic acids is 2. The fourth-order valence-electron chi connectivity index (χ4n) is 3.48. The summed E-state index contributed by atoms with van der Waals surface area (Å²) in [5.41, 5.74) is 0.882. The van der Waals surface area contributed by atoms with Crippen molar-refractivity contribution in [1.29, 1.82) is 0 Å². The van der Waals surface area contributed by atoms with Gasteiger partial charge < -0.3 is 10.2 Å². The van der Waals surface area contributed by atoms with Crippen LogP contribution in [0, 0.1) is 11.7 Å². The largest absolute Gasteiger partial charge is 0.353 e. The van der Waals surface area contributed by atoms with Crippen LogP contribution in [-0.4, -0.2) is 29.3 Å². The Bertz CT molecular complexity index is 567. The third kappa shape index (κ3) is 4.09. The van der Waals surface area contributed by atoms with E-state index in [0.717, 1.165) is 18.4 Å². The minimum absolute atomic E-state index is 0.00174. The Kier molecular flexibility index (Phi) is 4.94. The van der Waals surface area contributed by atoms with E-state index >= 15 is 0 Å². The monoisotopic (exact) mass is 318 g/mol. The highest BCUT2D eigenvalue weighted by Crippen LogP contribution is 2.22. The molecule has 5 heteroatoms. The molecule has 1 N–H and O–H groups in total. The first kappa shape index (κ1) is 16.0. The molecule has 0 aromatic heterocycles. The summed E-state index contributed by atoms with van der Waals surface area (Å²) >= 11 is 0. The van der Waals surface area contributed by atoms with Crippen LogP contribution in [0.2, 0.25) is 0 Å². The molecule has 1 aliphatic carbocycles. The van der Waals surface area contributed by atoms with Gasteiger partial charge in [-0.2, -0.15) is 0 Å². The van der Waals surface area contributed by atoms with Gasteiger partial charge in [0, 0.05) is 25.6 Å². The highest BCUT2D eigenvalue weighted by Gasteiger charge is 2.35. The maximum absolute atomic E-state index is 12.9. The lowest BCUT2D eigenvalue weighted by Gasteiger charge is -2.24. The summed E-state index contributed by atoms with van der Waals surface area (Å²) in [5, 5.41) is 3.11. The van der Waals surface area contributed by atoms with Crippen LogP contribution < -0.4 is 5.32 Å². The molecule has 0 unspecified atom stereocenters. The number of hydrogen-bond donors (Lipinski definition) is 1. The molecule has 124 valence electrons. The van der Waals surface area contributed by atoms with Crippen molar-refractivity contribution in [2.45, 2.75) is 51.1 Å². The van der Waals surface area contributed by atoms with Crippen molar-refractivity contribution in [3.05, 3.63) is 35.6 Å². The van der Waals surface area contributed by atoms with Gasteiger partial charge in [0.25, 0.3) is 0 Å². The molecular weight excluding hydrogens is 295 g/mol. The number of likely N-dealkylation sites (tertiary alicyclic amines) is 1. The van der Waals surface area contributed by atoms with Crippen LogP contribution in [0.5, 0.6) is 0 Å². The first-order chi connectivity index (χ1) is 11.1. The van der Waals surface area contributed by atoms with Crippen molar-refractivity contribution in [2.75, 3.05) is 6.54 Å². The van der Waals surface area contributed by atoms with Crippen LogP contribution >= 0.6 is 0 Å². The maximum atomic E-state index is 12.9. The Morgan fingerprint density at radius 2 is 1.87 bits per heavy atom. The summed E-state index contributed by atoms with van der Waals surface area (Å²) in [6.45, 7) is 0.890. The molecule has 1 saturated heterocycles. The van der Waals surface area contributed by atoms with E-state index in [4.69, 9.17) is 0 Å². The normalized spacial score (nSPS) is 22.4. The Morgan fingerprint density at radius 3 is 2.57 bits per heavy atom. The summed E-state index contributed by atoms with van der Waals surface area (Å²) in [4.78, 5) is 26.2. The third-order valence-electron chi connectivity index (χ3n) is 4.82. The third-order valence-corrected chi connectivity index (χ3v) is 4.82. The van der Waals surface area contributed by atoms with Crippen molar-refractivity contribution >= 4 is 11.8 Å². The number of hydrogen-bond acceptors (Lipinski definition) is 2. The van der Waals surface area contributed by atoms with Gasteiger partial charge in [0.05, 0.1) is 5.92 Å². The van der Waals surface area contributed by atoms with Crippen molar-refractivity contribution in [3.8, 4) is 0 Å². The van der Waals surface area contributed by atoms with E-state index in [1.807, 2.05) is 0 Å². The summed E-state index contributed by atoms with van der Waals surface area (Å²) < 4.78 is 12.9. The highest BCUT2D eigenvalue weighted by molar-refractivity contribution is 5.89. The molecule has 0 spiro atoms. The lowest BCUT2D eigenvalue weighted by atomic mass is 9.95. The first-order valence-electron chi connectivity index (χ1n) is 8.44. The molecule has 4 nitrogen and oxygen atoms in total. The number of nitrogens with zero attached hydrogens (tertiary/aromatic N) is 1. The zero-order valence-corrected chi connectivity index (χ0v) is 13.3. The molecule has 1 heterocycles. The molecule has 2 fully saturated rings. The minimum atomic E-state index is -0.286. The molecule has 23 heavy (non-hydrogen) atoms. The van der Waals surface area contributed by atoms with Crippen molar-refractivity contribution in [3.63, 3.8) is 0 Å². The molecular formula is C18H23FN2O2. The molecule has 3 rings (SSSR count). The van der Waals surface area contributed by atoms with Gasteiger partial charge >= 0.3 is 0 Å². The van der Waals surface area contributed by atoms with Crippen LogP contribution in [0.4, 0.5) is 4.39 Å². The van der Waals surface area contributed by atoms with Gasteiger partial charge in [-0.25, -0.2) is 4.39 Å². The van der Waals surface area contributed by atoms with Crippen LogP contribution in [0.25, 0.3) is 0 Å². The summed E-state index contributed by atoms with van der Waals surface area (Å²) in [5.74, 6) is -0.541. The smallest absolute Gasteiger partial charge is 0.225 e. The van der Waals surface area contributed by atoms with Crippen LogP contribution in [0.1, 0.15) is 44.1 Å². The van der Waals surface area contributed by atoms with Gasteiger partial charge in [0.1, 0.15) is 5.82 Å². The van der Waals surface area contributed by atoms with E-state index in [1.54, 1.807) is 17.0 Å². The summed E-state index contributed by atoms with van der Waals surface area (Å²) in [6, 6.07) is 6.42. The lowest BCUT2D eigenvalue weighted by Crippen LogP contribution is -2.40. The zero-order valence-electron chi connectivity index (χ0n) is 13.3. The molecule has 1 atom stereocenters. The lowest BCUT2D eigenvalue weighted by molar-refractivity contribution is -0.129. The molecule has 2 aliphatic rings. The Balaban J connectivity index is 1.54. The summed E-state index contributed by atoms with van der Waals surface area (Å²) in [7, 11) is 0. The van der Waals surface area contributed by atoms with E-state index < -0.39 is 0 Å². The molecule has 1 aromatic carbocycles. The molecule has 2 amide bonds.